The molecule has 5 nitrogen and oxygen atoms in total. The number of benzene rings is 1. The lowest BCUT2D eigenvalue weighted by Crippen LogP contribution is -2.38. The Labute approximate surface area is 123 Å². The maximum Gasteiger partial charge on any atom is 0.321 e. The molecule has 0 aromatic heterocycles. The van der Waals surface area contributed by atoms with Gasteiger partial charge in [-0.1, -0.05) is 6.07 Å². The molecule has 0 radical (unpaired) electrons. The van der Waals surface area contributed by atoms with Crippen LogP contribution >= 0.6 is 0 Å². The van der Waals surface area contributed by atoms with E-state index in [4.69, 9.17) is 4.74 Å². The van der Waals surface area contributed by atoms with Gasteiger partial charge in [0.2, 0.25) is 10.0 Å². The quantitative estimate of drug-likeness (QED) is 0.752. The summed E-state index contributed by atoms with van der Waals surface area (Å²) in [6.07, 6.45) is 1.40. The van der Waals surface area contributed by atoms with Gasteiger partial charge in [-0.25, -0.2) is 12.8 Å². The first-order valence-corrected chi connectivity index (χ1v) is 8.24. The SMILES string of the molecule is CCOC(=O)CN(C1CC1)S(=O)(=O)c1cc(F)ccc1C. The monoisotopic (exact) mass is 315 g/mol. The van der Waals surface area contributed by atoms with Crippen LogP contribution < -0.4 is 0 Å². The predicted molar refractivity (Wildman–Crippen MR) is 74.7 cm³/mol. The van der Waals surface area contributed by atoms with Crippen LogP contribution in [-0.2, 0) is 19.6 Å². The Morgan fingerprint density at radius 1 is 1.43 bits per heavy atom. The second-order valence-corrected chi connectivity index (χ2v) is 6.86. The lowest BCUT2D eigenvalue weighted by molar-refractivity contribution is -0.143. The summed E-state index contributed by atoms with van der Waals surface area (Å²) < 4.78 is 44.7. The van der Waals surface area contributed by atoms with Gasteiger partial charge >= 0.3 is 5.97 Å². The Kier molecular flexibility index (Phi) is 4.63. The Bertz CT molecular complexity index is 640. The fraction of sp³-hybridized carbons (Fsp3) is 0.500. The highest BCUT2D eigenvalue weighted by atomic mass is 32.2. The van der Waals surface area contributed by atoms with Gasteiger partial charge in [0, 0.05) is 6.04 Å². The van der Waals surface area contributed by atoms with Crippen molar-refractivity contribution in [1.29, 1.82) is 0 Å². The zero-order valence-electron chi connectivity index (χ0n) is 12.0. The maximum atomic E-state index is 13.4. The van der Waals surface area contributed by atoms with E-state index in [9.17, 15) is 17.6 Å². The molecule has 1 saturated carbocycles. The zero-order chi connectivity index (χ0) is 15.6. The minimum atomic E-state index is -3.91. The van der Waals surface area contributed by atoms with Crippen LogP contribution in [0.15, 0.2) is 23.1 Å². The lowest BCUT2D eigenvalue weighted by atomic mass is 10.2. The summed E-state index contributed by atoms with van der Waals surface area (Å²) in [7, 11) is -3.91. The summed E-state index contributed by atoms with van der Waals surface area (Å²) in [6.45, 7) is 3.11. The van der Waals surface area contributed by atoms with E-state index in [0.29, 0.717) is 18.4 Å². The van der Waals surface area contributed by atoms with Gasteiger partial charge < -0.3 is 4.74 Å². The van der Waals surface area contributed by atoms with Crippen molar-refractivity contribution in [3.63, 3.8) is 0 Å². The molecule has 1 aromatic carbocycles. The van der Waals surface area contributed by atoms with Gasteiger partial charge in [-0.15, -0.1) is 0 Å². The molecule has 1 aliphatic rings. The number of carbonyl (C=O) groups excluding carboxylic acids is 1. The first-order chi connectivity index (χ1) is 9.86. The Morgan fingerprint density at radius 2 is 2.10 bits per heavy atom. The number of halogens is 1. The van der Waals surface area contributed by atoms with Crippen molar-refractivity contribution in [3.8, 4) is 0 Å². The fourth-order valence-electron chi connectivity index (χ4n) is 2.08. The largest absolute Gasteiger partial charge is 0.465 e. The molecule has 21 heavy (non-hydrogen) atoms. The molecule has 1 aromatic rings. The number of nitrogens with zero attached hydrogens (tertiary/aromatic N) is 1. The molecule has 0 unspecified atom stereocenters. The second kappa shape index (κ2) is 6.11. The third kappa shape index (κ3) is 3.59. The van der Waals surface area contributed by atoms with E-state index in [1.165, 1.54) is 12.1 Å². The van der Waals surface area contributed by atoms with Crippen LogP contribution in [0.3, 0.4) is 0 Å². The molecular formula is C14H18FNO4S. The highest BCUT2D eigenvalue weighted by Gasteiger charge is 2.40. The highest BCUT2D eigenvalue weighted by Crippen LogP contribution is 2.33. The van der Waals surface area contributed by atoms with Gasteiger partial charge in [-0.2, -0.15) is 4.31 Å². The molecule has 0 N–H and O–H groups in total. The van der Waals surface area contributed by atoms with Crippen LogP contribution in [0.25, 0.3) is 0 Å². The molecule has 0 bridgehead atoms. The minimum absolute atomic E-state index is 0.0984. The van der Waals surface area contributed by atoms with Crippen molar-refractivity contribution in [2.75, 3.05) is 13.2 Å². The van der Waals surface area contributed by atoms with E-state index in [1.807, 2.05) is 0 Å². The molecule has 1 fully saturated rings. The average Bonchev–Trinajstić information content (AvgIpc) is 3.23. The Morgan fingerprint density at radius 3 is 2.67 bits per heavy atom. The summed E-state index contributed by atoms with van der Waals surface area (Å²) in [6, 6.07) is 3.41. The molecule has 1 aliphatic carbocycles. The second-order valence-electron chi connectivity index (χ2n) is 5.00. The topological polar surface area (TPSA) is 63.7 Å². The van der Waals surface area contributed by atoms with Gasteiger partial charge in [0.15, 0.2) is 0 Å². The summed E-state index contributed by atoms with van der Waals surface area (Å²) >= 11 is 0. The molecule has 0 amide bonds. The number of esters is 1. The van der Waals surface area contributed by atoms with Crippen LogP contribution in [0.1, 0.15) is 25.3 Å². The standard InChI is InChI=1S/C14H18FNO4S/c1-3-20-14(17)9-16(12-6-7-12)21(18,19)13-8-11(15)5-4-10(13)2/h4-5,8,12H,3,6-7,9H2,1-2H3. The molecule has 0 aliphatic heterocycles. The third-order valence-corrected chi connectivity index (χ3v) is 5.32. The summed E-state index contributed by atoms with van der Waals surface area (Å²) in [5.74, 6) is -1.21. The summed E-state index contributed by atoms with van der Waals surface area (Å²) in [5, 5.41) is 0. The normalized spacial score (nSPS) is 15.2. The van der Waals surface area contributed by atoms with E-state index in [2.05, 4.69) is 0 Å². The number of rotatable bonds is 6. The van der Waals surface area contributed by atoms with E-state index < -0.39 is 21.8 Å². The molecule has 0 saturated heterocycles. The van der Waals surface area contributed by atoms with E-state index >= 15 is 0 Å². The summed E-state index contributed by atoms with van der Waals surface area (Å²) in [4.78, 5) is 11.5. The zero-order valence-corrected chi connectivity index (χ0v) is 12.8. The Balaban J connectivity index is 2.34. The lowest BCUT2D eigenvalue weighted by Gasteiger charge is -2.22. The van der Waals surface area contributed by atoms with Crippen molar-refractivity contribution in [2.45, 2.75) is 37.6 Å². The fourth-order valence-corrected chi connectivity index (χ4v) is 3.95. The van der Waals surface area contributed by atoms with Crippen molar-refractivity contribution < 1.29 is 22.3 Å². The number of sulfonamides is 1. The van der Waals surface area contributed by atoms with Crippen molar-refractivity contribution in [3.05, 3.63) is 29.6 Å². The van der Waals surface area contributed by atoms with Gasteiger partial charge in [-0.05, 0) is 44.4 Å². The van der Waals surface area contributed by atoms with Crippen LogP contribution in [0.5, 0.6) is 0 Å². The number of aryl methyl sites for hydroxylation is 1. The molecule has 0 atom stereocenters. The highest BCUT2D eigenvalue weighted by molar-refractivity contribution is 7.89. The molecule has 0 spiro atoms. The van der Waals surface area contributed by atoms with Crippen molar-refractivity contribution in [1.82, 2.24) is 4.31 Å². The first kappa shape index (κ1) is 15.9. The Hall–Kier alpha value is -1.47. The van der Waals surface area contributed by atoms with Gasteiger partial charge in [0.1, 0.15) is 12.4 Å². The van der Waals surface area contributed by atoms with Gasteiger partial charge in [-0.3, -0.25) is 4.79 Å². The van der Waals surface area contributed by atoms with Gasteiger partial charge in [0.25, 0.3) is 0 Å². The molecule has 2 rings (SSSR count). The van der Waals surface area contributed by atoms with E-state index in [-0.39, 0.29) is 24.1 Å². The van der Waals surface area contributed by atoms with Crippen LogP contribution in [0, 0.1) is 12.7 Å². The molecule has 116 valence electrons. The van der Waals surface area contributed by atoms with Crippen LogP contribution in [0.4, 0.5) is 4.39 Å². The van der Waals surface area contributed by atoms with Crippen molar-refractivity contribution in [2.24, 2.45) is 0 Å². The smallest absolute Gasteiger partial charge is 0.321 e. The minimum Gasteiger partial charge on any atom is -0.465 e. The van der Waals surface area contributed by atoms with Crippen LogP contribution in [-0.4, -0.2) is 37.9 Å². The predicted octanol–water partition coefficient (Wildman–Crippen LogP) is 1.85. The number of hydrogen-bond donors (Lipinski definition) is 0. The van der Waals surface area contributed by atoms with Crippen LogP contribution in [0.2, 0.25) is 0 Å². The molecule has 0 heterocycles. The maximum absolute atomic E-state index is 13.4. The first-order valence-electron chi connectivity index (χ1n) is 6.80. The number of carbonyl (C=O) groups is 1. The van der Waals surface area contributed by atoms with Gasteiger partial charge in [0.05, 0.1) is 11.5 Å². The van der Waals surface area contributed by atoms with Crippen molar-refractivity contribution >= 4 is 16.0 Å². The number of ether oxygens (including phenoxy) is 1. The molecular weight excluding hydrogens is 297 g/mol. The average molecular weight is 315 g/mol. The van der Waals surface area contributed by atoms with E-state index in [0.717, 1.165) is 10.4 Å². The molecule has 7 heteroatoms. The third-order valence-electron chi connectivity index (χ3n) is 3.28. The van der Waals surface area contributed by atoms with E-state index in [1.54, 1.807) is 13.8 Å². The summed E-state index contributed by atoms with van der Waals surface area (Å²) in [5.41, 5.74) is 0.450. The number of hydrogen-bond acceptors (Lipinski definition) is 4.